The summed E-state index contributed by atoms with van der Waals surface area (Å²) < 4.78 is 37.7. The van der Waals surface area contributed by atoms with Gasteiger partial charge in [-0.05, 0) is 42.6 Å². The molecular weight excluding hydrogens is 351 g/mol. The van der Waals surface area contributed by atoms with Crippen LogP contribution >= 0.6 is 11.3 Å². The Balaban J connectivity index is 1.74. The van der Waals surface area contributed by atoms with Crippen molar-refractivity contribution in [2.75, 3.05) is 5.32 Å². The van der Waals surface area contributed by atoms with Crippen LogP contribution in [0.5, 0.6) is 0 Å². The lowest BCUT2D eigenvalue weighted by atomic mass is 10.1. The van der Waals surface area contributed by atoms with Crippen molar-refractivity contribution in [1.29, 1.82) is 0 Å². The van der Waals surface area contributed by atoms with Crippen molar-refractivity contribution in [2.45, 2.75) is 13.1 Å². The average molecular weight is 363 g/mol. The van der Waals surface area contributed by atoms with Gasteiger partial charge in [0, 0.05) is 10.4 Å². The van der Waals surface area contributed by atoms with E-state index >= 15 is 0 Å². The number of alkyl halides is 3. The Bertz CT molecular complexity index is 887. The molecule has 0 unspecified atom stereocenters. The summed E-state index contributed by atoms with van der Waals surface area (Å²) in [6.07, 6.45) is -4.38. The highest BCUT2D eigenvalue weighted by atomic mass is 32.1. The van der Waals surface area contributed by atoms with Gasteiger partial charge >= 0.3 is 6.18 Å². The molecule has 8 heteroatoms. The Morgan fingerprint density at radius 1 is 1.04 bits per heavy atom. The topological polar surface area (TPSA) is 54.9 Å². The van der Waals surface area contributed by atoms with Crippen molar-refractivity contribution in [3.8, 4) is 11.3 Å². The molecule has 0 fully saturated rings. The van der Waals surface area contributed by atoms with Gasteiger partial charge in [0.25, 0.3) is 5.91 Å². The number of aromatic nitrogens is 2. The minimum atomic E-state index is -4.38. The molecule has 0 aliphatic rings. The molecule has 3 rings (SSSR count). The Morgan fingerprint density at radius 2 is 1.76 bits per heavy atom. The van der Waals surface area contributed by atoms with E-state index < -0.39 is 11.7 Å². The van der Waals surface area contributed by atoms with Gasteiger partial charge in [0.1, 0.15) is 0 Å². The summed E-state index contributed by atoms with van der Waals surface area (Å²) in [4.78, 5) is 13.0. The zero-order valence-corrected chi connectivity index (χ0v) is 13.8. The SMILES string of the molecule is Cc1sccc1C(=O)Nc1ccc(-c2ccc(C(F)(F)F)cc2)nn1. The minimum absolute atomic E-state index is 0.270. The van der Waals surface area contributed by atoms with E-state index in [1.54, 1.807) is 18.2 Å². The third-order valence-corrected chi connectivity index (χ3v) is 4.36. The fourth-order valence-electron chi connectivity index (χ4n) is 2.19. The maximum Gasteiger partial charge on any atom is 0.416 e. The van der Waals surface area contributed by atoms with Crippen LogP contribution in [0.1, 0.15) is 20.8 Å². The Kier molecular flexibility index (Phi) is 4.54. The maximum absolute atomic E-state index is 12.6. The summed E-state index contributed by atoms with van der Waals surface area (Å²) >= 11 is 1.47. The summed E-state index contributed by atoms with van der Waals surface area (Å²) in [7, 11) is 0. The second kappa shape index (κ2) is 6.64. The lowest BCUT2D eigenvalue weighted by molar-refractivity contribution is -0.137. The predicted molar refractivity (Wildman–Crippen MR) is 89.5 cm³/mol. The molecule has 3 aromatic rings. The molecule has 0 saturated carbocycles. The summed E-state index contributed by atoms with van der Waals surface area (Å²) in [6, 6.07) is 9.52. The van der Waals surface area contributed by atoms with Crippen LogP contribution in [-0.2, 0) is 6.18 Å². The molecule has 0 saturated heterocycles. The van der Waals surface area contributed by atoms with Gasteiger partial charge in [-0.1, -0.05) is 12.1 Å². The van der Waals surface area contributed by atoms with Gasteiger partial charge in [0.05, 0.1) is 16.8 Å². The molecule has 0 radical (unpaired) electrons. The van der Waals surface area contributed by atoms with Crippen LogP contribution in [0.2, 0.25) is 0 Å². The van der Waals surface area contributed by atoms with Gasteiger partial charge in [-0.3, -0.25) is 4.79 Å². The van der Waals surface area contributed by atoms with Crippen molar-refractivity contribution in [3.05, 3.63) is 63.8 Å². The molecule has 0 spiro atoms. The molecular formula is C17H12F3N3OS. The number of anilines is 1. The lowest BCUT2D eigenvalue weighted by Crippen LogP contribution is -2.13. The van der Waals surface area contributed by atoms with Crippen molar-refractivity contribution in [2.24, 2.45) is 0 Å². The monoisotopic (exact) mass is 363 g/mol. The second-order valence-corrected chi connectivity index (χ2v) is 6.34. The molecule has 0 aliphatic heterocycles. The van der Waals surface area contributed by atoms with E-state index in [0.29, 0.717) is 16.8 Å². The van der Waals surface area contributed by atoms with E-state index in [1.165, 1.54) is 23.5 Å². The maximum atomic E-state index is 12.6. The Labute approximate surface area is 145 Å². The number of benzene rings is 1. The number of hydrogen-bond acceptors (Lipinski definition) is 4. The molecule has 25 heavy (non-hydrogen) atoms. The van der Waals surface area contributed by atoms with Crippen molar-refractivity contribution in [1.82, 2.24) is 10.2 Å². The summed E-state index contributed by atoms with van der Waals surface area (Å²) in [6.45, 7) is 1.85. The molecule has 0 bridgehead atoms. The van der Waals surface area contributed by atoms with Gasteiger partial charge in [-0.15, -0.1) is 21.5 Å². The number of halogens is 3. The zero-order chi connectivity index (χ0) is 18.0. The third-order valence-electron chi connectivity index (χ3n) is 3.52. The first-order valence-corrected chi connectivity index (χ1v) is 8.09. The number of carbonyl (C=O) groups excluding carboxylic acids is 1. The van der Waals surface area contributed by atoms with Gasteiger partial charge in [0.15, 0.2) is 5.82 Å². The molecule has 0 aliphatic carbocycles. The molecule has 2 aromatic heterocycles. The first-order chi connectivity index (χ1) is 11.8. The standard InChI is InChI=1S/C17H12F3N3OS/c1-10-13(8-9-25-10)16(24)21-15-7-6-14(22-23-15)11-2-4-12(5-3-11)17(18,19)20/h2-9H,1H3,(H,21,23,24). The van der Waals surface area contributed by atoms with Gasteiger partial charge in [0.2, 0.25) is 0 Å². The average Bonchev–Trinajstić information content (AvgIpc) is 3.01. The number of thiophene rings is 1. The Morgan fingerprint density at radius 3 is 2.28 bits per heavy atom. The van der Waals surface area contributed by atoms with E-state index in [9.17, 15) is 18.0 Å². The molecule has 1 amide bonds. The van der Waals surface area contributed by atoms with Gasteiger partial charge in [-0.2, -0.15) is 13.2 Å². The Hall–Kier alpha value is -2.74. The van der Waals surface area contributed by atoms with Crippen LogP contribution in [0.3, 0.4) is 0 Å². The van der Waals surface area contributed by atoms with Crippen LogP contribution in [0.25, 0.3) is 11.3 Å². The first-order valence-electron chi connectivity index (χ1n) is 7.21. The van der Waals surface area contributed by atoms with Crippen LogP contribution in [0.15, 0.2) is 47.8 Å². The highest BCUT2D eigenvalue weighted by Crippen LogP contribution is 2.30. The van der Waals surface area contributed by atoms with E-state index in [-0.39, 0.29) is 11.7 Å². The number of aryl methyl sites for hydroxylation is 1. The van der Waals surface area contributed by atoms with E-state index in [4.69, 9.17) is 0 Å². The molecule has 1 N–H and O–H groups in total. The largest absolute Gasteiger partial charge is 0.416 e. The van der Waals surface area contributed by atoms with Crippen LogP contribution < -0.4 is 5.32 Å². The molecule has 1 aromatic carbocycles. The number of hydrogen-bond donors (Lipinski definition) is 1. The predicted octanol–water partition coefficient (Wildman–Crippen LogP) is 4.78. The van der Waals surface area contributed by atoms with Gasteiger partial charge < -0.3 is 5.32 Å². The van der Waals surface area contributed by atoms with Gasteiger partial charge in [-0.25, -0.2) is 0 Å². The highest BCUT2D eigenvalue weighted by molar-refractivity contribution is 7.10. The van der Waals surface area contributed by atoms with Crippen LogP contribution in [-0.4, -0.2) is 16.1 Å². The first kappa shape index (κ1) is 17.1. The van der Waals surface area contributed by atoms with E-state index in [0.717, 1.165) is 17.0 Å². The number of nitrogens with one attached hydrogen (secondary N) is 1. The van der Waals surface area contributed by atoms with Crippen LogP contribution in [0, 0.1) is 6.92 Å². The number of rotatable bonds is 3. The summed E-state index contributed by atoms with van der Waals surface area (Å²) in [5, 5.41) is 12.3. The van der Waals surface area contributed by atoms with E-state index in [1.807, 2.05) is 12.3 Å². The third kappa shape index (κ3) is 3.85. The second-order valence-electron chi connectivity index (χ2n) is 5.22. The zero-order valence-electron chi connectivity index (χ0n) is 13.0. The smallest absolute Gasteiger partial charge is 0.305 e. The summed E-state index contributed by atoms with van der Waals surface area (Å²) in [5.41, 5.74) is 0.767. The fourth-order valence-corrected chi connectivity index (χ4v) is 2.88. The summed E-state index contributed by atoms with van der Waals surface area (Å²) in [5.74, 6) is -0.0124. The number of amides is 1. The minimum Gasteiger partial charge on any atom is -0.305 e. The number of carbonyl (C=O) groups is 1. The fraction of sp³-hybridized carbons (Fsp3) is 0.118. The van der Waals surface area contributed by atoms with Crippen molar-refractivity contribution < 1.29 is 18.0 Å². The molecule has 2 heterocycles. The normalized spacial score (nSPS) is 11.4. The van der Waals surface area contributed by atoms with Crippen molar-refractivity contribution >= 4 is 23.1 Å². The number of nitrogens with zero attached hydrogens (tertiary/aromatic N) is 2. The highest BCUT2D eigenvalue weighted by Gasteiger charge is 2.30. The van der Waals surface area contributed by atoms with Crippen molar-refractivity contribution in [3.63, 3.8) is 0 Å². The quantitative estimate of drug-likeness (QED) is 0.728. The lowest BCUT2D eigenvalue weighted by Gasteiger charge is -2.08. The molecule has 0 atom stereocenters. The molecule has 128 valence electrons. The van der Waals surface area contributed by atoms with Crippen LogP contribution in [0.4, 0.5) is 19.0 Å². The van der Waals surface area contributed by atoms with E-state index in [2.05, 4.69) is 15.5 Å². The molecule has 4 nitrogen and oxygen atoms in total.